The third-order valence-electron chi connectivity index (χ3n) is 4.15. The zero-order valence-corrected chi connectivity index (χ0v) is 13.8. The van der Waals surface area contributed by atoms with Gasteiger partial charge in [-0.05, 0) is 43.5 Å². The topological polar surface area (TPSA) is 58.1 Å². The molecule has 6 heteroatoms. The quantitative estimate of drug-likeness (QED) is 0.938. The molecule has 0 aliphatic carbocycles. The maximum atomic E-state index is 12.6. The lowest BCUT2D eigenvalue weighted by Crippen LogP contribution is -2.41. The van der Waals surface area contributed by atoms with Crippen LogP contribution in [0.4, 0.5) is 11.6 Å². The van der Waals surface area contributed by atoms with E-state index < -0.39 is 0 Å². The van der Waals surface area contributed by atoms with Crippen LogP contribution < -0.4 is 10.2 Å². The van der Waals surface area contributed by atoms with E-state index in [0.29, 0.717) is 17.5 Å². The summed E-state index contributed by atoms with van der Waals surface area (Å²) in [6.07, 6.45) is 5.27. The number of nitrogens with one attached hydrogen (secondary N) is 1. The first-order valence-electron chi connectivity index (χ1n) is 7.73. The Morgan fingerprint density at radius 3 is 2.87 bits per heavy atom. The fraction of sp³-hybridized carbons (Fsp3) is 0.353. The van der Waals surface area contributed by atoms with Gasteiger partial charge in [0.2, 0.25) is 11.9 Å². The maximum Gasteiger partial charge on any atom is 0.229 e. The van der Waals surface area contributed by atoms with E-state index in [1.807, 2.05) is 25.1 Å². The second kappa shape index (κ2) is 6.96. The summed E-state index contributed by atoms with van der Waals surface area (Å²) in [6.45, 7) is 3.42. The molecule has 1 aromatic carbocycles. The molecule has 2 aromatic rings. The van der Waals surface area contributed by atoms with Crippen molar-refractivity contribution in [3.63, 3.8) is 0 Å². The molecule has 1 aliphatic rings. The molecule has 0 spiro atoms. The summed E-state index contributed by atoms with van der Waals surface area (Å²) in [5, 5.41) is 3.66. The third-order valence-corrected chi connectivity index (χ3v) is 4.56. The van der Waals surface area contributed by atoms with E-state index in [1.54, 1.807) is 18.5 Å². The van der Waals surface area contributed by atoms with Crippen LogP contribution in [0, 0.1) is 12.8 Å². The molecule has 0 saturated carbocycles. The monoisotopic (exact) mass is 330 g/mol. The molecular formula is C17H19ClN4O. The molecule has 1 atom stereocenters. The third kappa shape index (κ3) is 3.62. The van der Waals surface area contributed by atoms with E-state index in [-0.39, 0.29) is 11.8 Å². The predicted molar refractivity (Wildman–Crippen MR) is 91.8 cm³/mol. The minimum Gasteiger partial charge on any atom is -0.340 e. The van der Waals surface area contributed by atoms with Crippen LogP contribution in [0.2, 0.25) is 5.02 Å². The Kier molecular flexibility index (Phi) is 4.76. The first-order valence-corrected chi connectivity index (χ1v) is 8.11. The second-order valence-corrected chi connectivity index (χ2v) is 6.14. The van der Waals surface area contributed by atoms with Gasteiger partial charge < -0.3 is 10.2 Å². The zero-order valence-electron chi connectivity index (χ0n) is 13.0. The van der Waals surface area contributed by atoms with Crippen molar-refractivity contribution in [2.24, 2.45) is 5.92 Å². The SMILES string of the molecule is Cc1c(Cl)cccc1NC(=O)[C@H]1CCCN(c2ncccn2)C1. The van der Waals surface area contributed by atoms with E-state index in [2.05, 4.69) is 20.2 Å². The molecule has 0 radical (unpaired) electrons. The molecule has 1 aromatic heterocycles. The van der Waals surface area contributed by atoms with Gasteiger partial charge in [0.15, 0.2) is 0 Å². The van der Waals surface area contributed by atoms with Crippen molar-refractivity contribution in [2.75, 3.05) is 23.3 Å². The largest absolute Gasteiger partial charge is 0.340 e. The Balaban J connectivity index is 1.69. The molecule has 0 unspecified atom stereocenters. The Labute approximate surface area is 140 Å². The van der Waals surface area contributed by atoms with E-state index in [0.717, 1.165) is 30.6 Å². The van der Waals surface area contributed by atoms with E-state index in [1.165, 1.54) is 0 Å². The van der Waals surface area contributed by atoms with Crippen molar-refractivity contribution in [2.45, 2.75) is 19.8 Å². The average molecular weight is 331 g/mol. The summed E-state index contributed by atoms with van der Waals surface area (Å²) < 4.78 is 0. The highest BCUT2D eigenvalue weighted by Gasteiger charge is 2.27. The lowest BCUT2D eigenvalue weighted by molar-refractivity contribution is -0.120. The Bertz CT molecular complexity index is 692. The lowest BCUT2D eigenvalue weighted by Gasteiger charge is -2.32. The van der Waals surface area contributed by atoms with Gasteiger partial charge in [-0.1, -0.05) is 17.7 Å². The highest BCUT2D eigenvalue weighted by atomic mass is 35.5. The number of hydrogen-bond donors (Lipinski definition) is 1. The molecule has 2 heterocycles. The van der Waals surface area contributed by atoms with Crippen LogP contribution in [0.3, 0.4) is 0 Å². The van der Waals surface area contributed by atoms with Gasteiger partial charge in [0.25, 0.3) is 0 Å². The molecule has 1 amide bonds. The minimum absolute atomic E-state index is 0.0241. The molecule has 3 rings (SSSR count). The zero-order chi connectivity index (χ0) is 16.2. The molecular weight excluding hydrogens is 312 g/mol. The van der Waals surface area contributed by atoms with Gasteiger partial charge in [-0.25, -0.2) is 9.97 Å². The van der Waals surface area contributed by atoms with Gasteiger partial charge in [0, 0.05) is 36.2 Å². The first kappa shape index (κ1) is 15.7. The van der Waals surface area contributed by atoms with Gasteiger partial charge in [-0.3, -0.25) is 4.79 Å². The molecule has 23 heavy (non-hydrogen) atoms. The number of piperidine rings is 1. The standard InChI is InChI=1S/C17H19ClN4O/c1-12-14(18)6-2-7-15(12)21-16(23)13-5-3-10-22(11-13)17-19-8-4-9-20-17/h2,4,6-9,13H,3,5,10-11H2,1H3,(H,21,23)/t13-/m0/s1. The minimum atomic E-state index is -0.0778. The fourth-order valence-electron chi connectivity index (χ4n) is 2.81. The van der Waals surface area contributed by atoms with E-state index in [9.17, 15) is 4.79 Å². The lowest BCUT2D eigenvalue weighted by atomic mass is 9.97. The van der Waals surface area contributed by atoms with Crippen molar-refractivity contribution in [3.8, 4) is 0 Å². The number of anilines is 2. The van der Waals surface area contributed by atoms with Crippen molar-refractivity contribution in [1.82, 2.24) is 9.97 Å². The number of carbonyl (C=O) groups excluding carboxylic acids is 1. The summed E-state index contributed by atoms with van der Waals surface area (Å²) in [5.41, 5.74) is 1.66. The van der Waals surface area contributed by atoms with Crippen molar-refractivity contribution in [3.05, 3.63) is 47.2 Å². The van der Waals surface area contributed by atoms with Crippen LogP contribution in [0.1, 0.15) is 18.4 Å². The second-order valence-electron chi connectivity index (χ2n) is 5.74. The Morgan fingerprint density at radius 1 is 1.30 bits per heavy atom. The highest BCUT2D eigenvalue weighted by molar-refractivity contribution is 6.31. The Hall–Kier alpha value is -2.14. The predicted octanol–water partition coefficient (Wildman–Crippen LogP) is 3.29. The number of hydrogen-bond acceptors (Lipinski definition) is 4. The van der Waals surface area contributed by atoms with Crippen LogP contribution >= 0.6 is 11.6 Å². The smallest absolute Gasteiger partial charge is 0.229 e. The van der Waals surface area contributed by atoms with Gasteiger partial charge in [-0.2, -0.15) is 0 Å². The van der Waals surface area contributed by atoms with Crippen LogP contribution in [-0.2, 0) is 4.79 Å². The summed E-state index contributed by atoms with van der Waals surface area (Å²) in [4.78, 5) is 23.2. The number of carbonyl (C=O) groups is 1. The number of aromatic nitrogens is 2. The van der Waals surface area contributed by atoms with E-state index >= 15 is 0 Å². The van der Waals surface area contributed by atoms with Gasteiger partial charge in [0.05, 0.1) is 5.92 Å². The molecule has 1 N–H and O–H groups in total. The molecule has 1 fully saturated rings. The van der Waals surface area contributed by atoms with E-state index in [4.69, 9.17) is 11.6 Å². The fourth-order valence-corrected chi connectivity index (χ4v) is 2.98. The summed E-state index contributed by atoms with van der Waals surface area (Å²) in [7, 11) is 0. The normalized spacial score (nSPS) is 17.8. The Morgan fingerprint density at radius 2 is 2.09 bits per heavy atom. The highest BCUT2D eigenvalue weighted by Crippen LogP contribution is 2.25. The van der Waals surface area contributed by atoms with Crippen LogP contribution in [0.25, 0.3) is 0 Å². The number of halogens is 1. The summed E-state index contributed by atoms with van der Waals surface area (Å²) >= 11 is 6.11. The van der Waals surface area contributed by atoms with Crippen molar-refractivity contribution >= 4 is 29.1 Å². The molecule has 120 valence electrons. The molecule has 1 saturated heterocycles. The van der Waals surface area contributed by atoms with Gasteiger partial charge in [0.1, 0.15) is 0 Å². The van der Waals surface area contributed by atoms with Crippen LogP contribution in [0.15, 0.2) is 36.7 Å². The molecule has 0 bridgehead atoms. The van der Waals surface area contributed by atoms with Crippen molar-refractivity contribution in [1.29, 1.82) is 0 Å². The number of nitrogens with zero attached hydrogens (tertiary/aromatic N) is 3. The molecule has 1 aliphatic heterocycles. The van der Waals surface area contributed by atoms with Crippen LogP contribution in [0.5, 0.6) is 0 Å². The number of benzene rings is 1. The average Bonchev–Trinajstić information content (AvgIpc) is 2.60. The molecule has 5 nitrogen and oxygen atoms in total. The van der Waals surface area contributed by atoms with Crippen molar-refractivity contribution < 1.29 is 4.79 Å². The maximum absolute atomic E-state index is 12.6. The summed E-state index contributed by atoms with van der Waals surface area (Å²) in [5.74, 6) is 0.630. The number of amides is 1. The summed E-state index contributed by atoms with van der Waals surface area (Å²) in [6, 6.07) is 7.33. The number of rotatable bonds is 3. The first-order chi connectivity index (χ1) is 11.1. The van der Waals surface area contributed by atoms with Gasteiger partial charge >= 0.3 is 0 Å². The van der Waals surface area contributed by atoms with Crippen LogP contribution in [-0.4, -0.2) is 29.0 Å². The van der Waals surface area contributed by atoms with Gasteiger partial charge in [-0.15, -0.1) is 0 Å².